The molecule has 0 spiro atoms. The summed E-state index contributed by atoms with van der Waals surface area (Å²) >= 11 is 7.87. The number of rotatable bonds is 7. The van der Waals surface area contributed by atoms with E-state index in [9.17, 15) is 9.18 Å². The Hall–Kier alpha value is -5.07. The lowest BCUT2D eigenvalue weighted by atomic mass is 9.89. The minimum atomic E-state index is -0.356. The number of pyridine rings is 2. The van der Waals surface area contributed by atoms with Crippen LogP contribution in [-0.4, -0.2) is 51.2 Å². The second-order valence-corrected chi connectivity index (χ2v) is 15.3. The fourth-order valence-electron chi connectivity index (χ4n) is 8.59. The van der Waals surface area contributed by atoms with E-state index in [1.54, 1.807) is 24.5 Å². The first-order valence-corrected chi connectivity index (χ1v) is 18.7. The summed E-state index contributed by atoms with van der Waals surface area (Å²) in [5, 5.41) is 14.0. The first-order valence-electron chi connectivity index (χ1n) is 17.5. The van der Waals surface area contributed by atoms with Gasteiger partial charge in [-0.05, 0) is 67.0 Å². The number of carbonyl (C=O) groups is 1. The number of halogens is 2. The lowest BCUT2D eigenvalue weighted by molar-refractivity contribution is 0.0776. The molecule has 1 N–H and O–H groups in total. The van der Waals surface area contributed by atoms with E-state index in [1.807, 2.05) is 35.2 Å². The summed E-state index contributed by atoms with van der Waals surface area (Å²) in [6, 6.07) is 13.0. The van der Waals surface area contributed by atoms with Gasteiger partial charge in [0.15, 0.2) is 11.6 Å². The first-order chi connectivity index (χ1) is 25.4. The summed E-state index contributed by atoms with van der Waals surface area (Å²) in [6.45, 7) is 2.93. The molecule has 1 aliphatic carbocycles. The van der Waals surface area contributed by atoms with E-state index in [2.05, 4.69) is 21.6 Å². The van der Waals surface area contributed by atoms with Gasteiger partial charge in [0.25, 0.3) is 5.91 Å². The summed E-state index contributed by atoms with van der Waals surface area (Å²) < 4.78 is 33.2. The van der Waals surface area contributed by atoms with Gasteiger partial charge >= 0.3 is 0 Å². The second kappa shape index (κ2) is 12.0. The predicted molar refractivity (Wildman–Crippen MR) is 195 cm³/mol. The molecule has 0 saturated carbocycles. The van der Waals surface area contributed by atoms with Crippen molar-refractivity contribution in [1.29, 1.82) is 0 Å². The zero-order valence-corrected chi connectivity index (χ0v) is 29.9. The van der Waals surface area contributed by atoms with Gasteiger partial charge < -0.3 is 24.1 Å². The van der Waals surface area contributed by atoms with Gasteiger partial charge in [0, 0.05) is 58.6 Å². The van der Waals surface area contributed by atoms with Gasteiger partial charge in [0.2, 0.25) is 11.8 Å². The fourth-order valence-corrected chi connectivity index (χ4v) is 9.92. The number of nitrogens with one attached hydrogen (secondary N) is 1. The minimum absolute atomic E-state index is 0.00835. The largest absolute Gasteiger partial charge is 0.493 e. The van der Waals surface area contributed by atoms with Crippen molar-refractivity contribution in [2.24, 2.45) is 0 Å². The normalized spacial score (nSPS) is 19.9. The summed E-state index contributed by atoms with van der Waals surface area (Å²) in [6.07, 6.45) is 5.60. The monoisotopic (exact) mass is 734 g/mol. The quantitative estimate of drug-likeness (QED) is 0.172. The highest BCUT2D eigenvalue weighted by Gasteiger charge is 2.45. The van der Waals surface area contributed by atoms with Crippen LogP contribution in [0.15, 0.2) is 53.1 Å². The Morgan fingerprint density at radius 1 is 1.10 bits per heavy atom. The van der Waals surface area contributed by atoms with Crippen LogP contribution in [0.2, 0.25) is 5.02 Å². The van der Waals surface area contributed by atoms with Gasteiger partial charge in [-0.2, -0.15) is 0 Å². The average molecular weight is 735 g/mol. The molecule has 7 heterocycles. The van der Waals surface area contributed by atoms with Crippen molar-refractivity contribution < 1.29 is 23.1 Å². The van der Waals surface area contributed by atoms with Crippen LogP contribution in [0.5, 0.6) is 11.5 Å². The Kier molecular flexibility index (Phi) is 7.30. The number of hydrogen-bond acceptors (Lipinski definition) is 10. The third kappa shape index (κ3) is 4.83. The van der Waals surface area contributed by atoms with Gasteiger partial charge in [0.1, 0.15) is 11.6 Å². The number of fused-ring (bicyclic) bond motifs is 6. The van der Waals surface area contributed by atoms with Crippen LogP contribution in [0.1, 0.15) is 81.6 Å². The van der Waals surface area contributed by atoms with Crippen molar-refractivity contribution in [3.05, 3.63) is 99.0 Å². The molecule has 1 saturated heterocycles. The zero-order chi connectivity index (χ0) is 35.2. The van der Waals surface area contributed by atoms with Crippen LogP contribution in [0.4, 0.5) is 10.2 Å². The molecule has 2 aromatic carbocycles. The Morgan fingerprint density at radius 2 is 1.98 bits per heavy atom. The molecule has 1 fully saturated rings. The van der Waals surface area contributed by atoms with Crippen molar-refractivity contribution in [1.82, 2.24) is 25.1 Å². The van der Waals surface area contributed by atoms with E-state index in [1.165, 1.54) is 13.2 Å². The SMILES string of the molecule is COc1c(F)ccc2c1CC[C@@H]2Nc1nccc2cc(-c3c4c(nc(C[C@@H]5COc6cc(Cl)ccc65)c3-c3nnc(C)o3)[C@H]3CCCN3C4=O)sc12. The number of aromatic nitrogens is 4. The van der Waals surface area contributed by atoms with Crippen LogP contribution in [-0.2, 0) is 12.8 Å². The van der Waals surface area contributed by atoms with Gasteiger partial charge in [-0.15, -0.1) is 21.5 Å². The van der Waals surface area contributed by atoms with Crippen LogP contribution in [0.3, 0.4) is 0 Å². The molecular formula is C39H32ClFN6O4S. The van der Waals surface area contributed by atoms with E-state index >= 15 is 0 Å². The molecule has 4 aromatic heterocycles. The van der Waals surface area contributed by atoms with E-state index < -0.39 is 0 Å². The van der Waals surface area contributed by atoms with Crippen molar-refractivity contribution in [2.45, 2.75) is 57.0 Å². The van der Waals surface area contributed by atoms with Gasteiger partial charge in [-0.3, -0.25) is 9.78 Å². The van der Waals surface area contributed by atoms with E-state index in [0.717, 1.165) is 79.4 Å². The number of thiophene rings is 1. The first kappa shape index (κ1) is 31.6. The van der Waals surface area contributed by atoms with Crippen LogP contribution < -0.4 is 14.8 Å². The third-order valence-corrected chi connectivity index (χ3v) is 12.3. The topological polar surface area (TPSA) is 116 Å². The Labute approximate surface area is 307 Å². The van der Waals surface area contributed by atoms with Crippen LogP contribution in [0.25, 0.3) is 32.0 Å². The van der Waals surface area contributed by atoms with E-state index in [0.29, 0.717) is 59.7 Å². The third-order valence-electron chi connectivity index (χ3n) is 10.9. The molecule has 6 aromatic rings. The summed E-state index contributed by atoms with van der Waals surface area (Å²) in [5.41, 5.74) is 6.58. The van der Waals surface area contributed by atoms with Crippen molar-refractivity contribution in [3.8, 4) is 33.4 Å². The van der Waals surface area contributed by atoms with Crippen LogP contribution in [0, 0.1) is 12.7 Å². The maximum absolute atomic E-state index is 14.5. The lowest BCUT2D eigenvalue weighted by Gasteiger charge is -2.18. The maximum atomic E-state index is 14.5. The van der Waals surface area contributed by atoms with Gasteiger partial charge in [0.05, 0.1) is 53.0 Å². The smallest absolute Gasteiger partial charge is 0.257 e. The summed E-state index contributed by atoms with van der Waals surface area (Å²) in [7, 11) is 1.51. The Balaban J connectivity index is 1.14. The number of methoxy groups -OCH3 is 1. The van der Waals surface area contributed by atoms with Crippen molar-refractivity contribution >= 4 is 44.7 Å². The number of aryl methyl sites for hydroxylation is 1. The average Bonchev–Trinajstić information content (AvgIpc) is 3.99. The molecule has 3 atom stereocenters. The number of ether oxygens (including phenoxy) is 2. The van der Waals surface area contributed by atoms with Gasteiger partial charge in [-0.1, -0.05) is 23.7 Å². The lowest BCUT2D eigenvalue weighted by Crippen LogP contribution is -2.22. The predicted octanol–water partition coefficient (Wildman–Crippen LogP) is 8.63. The maximum Gasteiger partial charge on any atom is 0.257 e. The number of anilines is 1. The molecule has 3 aliphatic heterocycles. The zero-order valence-electron chi connectivity index (χ0n) is 28.3. The molecule has 10 rings (SSSR count). The number of amides is 1. The fraction of sp³-hybridized carbons (Fsp3) is 0.308. The van der Waals surface area contributed by atoms with Crippen LogP contribution >= 0.6 is 22.9 Å². The molecule has 262 valence electrons. The highest BCUT2D eigenvalue weighted by molar-refractivity contribution is 7.23. The van der Waals surface area contributed by atoms with Crippen molar-refractivity contribution in [2.75, 3.05) is 25.6 Å². The number of benzene rings is 2. The number of nitrogens with zero attached hydrogens (tertiary/aromatic N) is 5. The second-order valence-electron chi connectivity index (χ2n) is 13.8. The number of hydrogen-bond donors (Lipinski definition) is 1. The molecule has 13 heteroatoms. The molecule has 0 bridgehead atoms. The molecule has 10 nitrogen and oxygen atoms in total. The molecule has 4 aliphatic rings. The Morgan fingerprint density at radius 3 is 2.83 bits per heavy atom. The highest BCUT2D eigenvalue weighted by Crippen LogP contribution is 2.51. The number of carbonyl (C=O) groups excluding carboxylic acids is 1. The van der Waals surface area contributed by atoms with Crippen molar-refractivity contribution in [3.63, 3.8) is 0 Å². The Bertz CT molecular complexity index is 2470. The van der Waals surface area contributed by atoms with Gasteiger partial charge in [-0.25, -0.2) is 9.37 Å². The molecule has 1 amide bonds. The molecular weight excluding hydrogens is 703 g/mol. The van der Waals surface area contributed by atoms with E-state index in [-0.39, 0.29) is 29.7 Å². The summed E-state index contributed by atoms with van der Waals surface area (Å²) in [5.74, 6) is 2.18. The highest BCUT2D eigenvalue weighted by atomic mass is 35.5. The summed E-state index contributed by atoms with van der Waals surface area (Å²) in [4.78, 5) is 27.3. The van der Waals surface area contributed by atoms with E-state index in [4.69, 9.17) is 35.5 Å². The standard InChI is InChI=1S/C39H32ClFN6O4S/c1-18-45-46-38(51-18)31-27(14-20-17-50-29-16-21(40)5-6-22(20)29)43-34-28-4-3-13-47(28)39(48)33(34)32(31)30-15-19-11-12-42-37(36(19)52-30)44-26-10-8-24-23(26)7-9-25(41)35(24)49-2/h5-7,9,11-12,15-16,20,26,28H,3-4,8,10,13-14,17H2,1-2H3,(H,42,44)/t20-,26+,28-/m1/s1. The molecule has 0 radical (unpaired) electrons. The minimum Gasteiger partial charge on any atom is -0.493 e. The molecule has 0 unspecified atom stereocenters. The molecule has 52 heavy (non-hydrogen) atoms.